The summed E-state index contributed by atoms with van der Waals surface area (Å²) in [6, 6.07) is 10.9. The van der Waals surface area contributed by atoms with E-state index in [0.29, 0.717) is 5.92 Å². The van der Waals surface area contributed by atoms with Crippen molar-refractivity contribution in [3.63, 3.8) is 0 Å². The number of furan rings is 1. The summed E-state index contributed by atoms with van der Waals surface area (Å²) in [4.78, 5) is 0. The molecule has 1 heterocycles. The molecule has 0 spiro atoms. The minimum Gasteiger partial charge on any atom is -0.472 e. The highest BCUT2D eigenvalue weighted by atomic mass is 16.3. The molecule has 0 aliphatic heterocycles. The Labute approximate surface area is 115 Å². The highest BCUT2D eigenvalue weighted by Crippen LogP contribution is 2.21. The Kier molecular flexibility index (Phi) is 5.22. The molecule has 0 fully saturated rings. The van der Waals surface area contributed by atoms with E-state index in [1.807, 2.05) is 6.26 Å². The van der Waals surface area contributed by atoms with Crippen LogP contribution in [0.1, 0.15) is 36.0 Å². The SMILES string of the molecule is CCCNCC(Cc1ccoc1)c1cccc(C)c1. The molecule has 1 aromatic carbocycles. The Morgan fingerprint density at radius 1 is 1.26 bits per heavy atom. The molecule has 1 atom stereocenters. The molecule has 0 radical (unpaired) electrons. The maximum absolute atomic E-state index is 5.18. The average molecular weight is 257 g/mol. The summed E-state index contributed by atoms with van der Waals surface area (Å²) in [5.41, 5.74) is 4.00. The maximum atomic E-state index is 5.18. The van der Waals surface area contributed by atoms with Crippen LogP contribution in [-0.4, -0.2) is 13.1 Å². The van der Waals surface area contributed by atoms with Gasteiger partial charge in [-0.15, -0.1) is 0 Å². The molecule has 0 amide bonds. The van der Waals surface area contributed by atoms with Gasteiger partial charge in [0.05, 0.1) is 12.5 Å². The van der Waals surface area contributed by atoms with Gasteiger partial charge in [0, 0.05) is 12.5 Å². The molecular weight excluding hydrogens is 234 g/mol. The van der Waals surface area contributed by atoms with Crippen molar-refractivity contribution in [3.05, 3.63) is 59.5 Å². The Bertz CT molecular complexity index is 476. The minimum absolute atomic E-state index is 0.504. The summed E-state index contributed by atoms with van der Waals surface area (Å²) in [5.74, 6) is 0.504. The third kappa shape index (κ3) is 4.25. The molecule has 2 heteroatoms. The second-order valence-electron chi connectivity index (χ2n) is 5.15. The molecule has 2 rings (SSSR count). The van der Waals surface area contributed by atoms with E-state index in [2.05, 4.69) is 49.5 Å². The summed E-state index contributed by atoms with van der Waals surface area (Å²) in [5, 5.41) is 3.53. The van der Waals surface area contributed by atoms with Crippen LogP contribution in [0.5, 0.6) is 0 Å². The van der Waals surface area contributed by atoms with E-state index in [0.717, 1.165) is 19.5 Å². The molecule has 0 aliphatic rings. The summed E-state index contributed by atoms with van der Waals surface area (Å²) in [7, 11) is 0. The van der Waals surface area contributed by atoms with Crippen molar-refractivity contribution in [3.8, 4) is 0 Å². The fourth-order valence-electron chi connectivity index (χ4n) is 2.38. The second kappa shape index (κ2) is 7.15. The first-order chi connectivity index (χ1) is 9.29. The Balaban J connectivity index is 2.08. The van der Waals surface area contributed by atoms with E-state index >= 15 is 0 Å². The standard InChI is InChI=1S/C17H23NO/c1-3-8-18-12-17(11-15-7-9-19-13-15)16-6-4-5-14(2)10-16/h4-7,9-10,13,17-18H,3,8,11-12H2,1-2H3. The summed E-state index contributed by atoms with van der Waals surface area (Å²) in [6.45, 7) is 6.44. The van der Waals surface area contributed by atoms with Gasteiger partial charge in [-0.1, -0.05) is 36.8 Å². The first kappa shape index (κ1) is 13.9. The summed E-state index contributed by atoms with van der Waals surface area (Å²) >= 11 is 0. The number of nitrogens with one attached hydrogen (secondary N) is 1. The van der Waals surface area contributed by atoms with Crippen molar-refractivity contribution in [1.29, 1.82) is 0 Å². The molecule has 102 valence electrons. The minimum atomic E-state index is 0.504. The fourth-order valence-corrected chi connectivity index (χ4v) is 2.38. The van der Waals surface area contributed by atoms with Gasteiger partial charge in [-0.3, -0.25) is 0 Å². The Morgan fingerprint density at radius 2 is 2.16 bits per heavy atom. The van der Waals surface area contributed by atoms with Crippen LogP contribution >= 0.6 is 0 Å². The first-order valence-corrected chi connectivity index (χ1v) is 7.08. The molecule has 0 aliphatic carbocycles. The van der Waals surface area contributed by atoms with Crippen molar-refractivity contribution >= 4 is 0 Å². The predicted molar refractivity (Wildman–Crippen MR) is 79.5 cm³/mol. The van der Waals surface area contributed by atoms with Crippen molar-refractivity contribution in [2.75, 3.05) is 13.1 Å². The van der Waals surface area contributed by atoms with Gasteiger partial charge in [0.25, 0.3) is 0 Å². The lowest BCUT2D eigenvalue weighted by Crippen LogP contribution is -2.23. The van der Waals surface area contributed by atoms with E-state index in [4.69, 9.17) is 4.42 Å². The zero-order valence-electron chi connectivity index (χ0n) is 11.9. The second-order valence-corrected chi connectivity index (χ2v) is 5.15. The molecule has 19 heavy (non-hydrogen) atoms. The molecule has 1 N–H and O–H groups in total. The van der Waals surface area contributed by atoms with Crippen molar-refractivity contribution in [2.45, 2.75) is 32.6 Å². The lowest BCUT2D eigenvalue weighted by molar-refractivity contribution is 0.551. The third-order valence-electron chi connectivity index (χ3n) is 3.39. The van der Waals surface area contributed by atoms with E-state index in [1.54, 1.807) is 6.26 Å². The number of benzene rings is 1. The largest absolute Gasteiger partial charge is 0.472 e. The number of rotatable bonds is 7. The molecule has 0 saturated carbocycles. The monoisotopic (exact) mass is 257 g/mol. The Hall–Kier alpha value is -1.54. The van der Waals surface area contributed by atoms with E-state index in [1.165, 1.54) is 23.1 Å². The predicted octanol–water partition coefficient (Wildman–Crippen LogP) is 3.91. The van der Waals surface area contributed by atoms with Crippen LogP contribution in [0.3, 0.4) is 0 Å². The highest BCUT2D eigenvalue weighted by Gasteiger charge is 2.13. The zero-order chi connectivity index (χ0) is 13.5. The summed E-state index contributed by atoms with van der Waals surface area (Å²) < 4.78 is 5.18. The van der Waals surface area contributed by atoms with Crippen LogP contribution < -0.4 is 5.32 Å². The molecule has 1 aromatic heterocycles. The maximum Gasteiger partial charge on any atom is 0.0934 e. The van der Waals surface area contributed by atoms with Gasteiger partial charge in [0.2, 0.25) is 0 Å². The average Bonchev–Trinajstić information content (AvgIpc) is 2.91. The number of aryl methyl sites for hydroxylation is 1. The van der Waals surface area contributed by atoms with Crippen LogP contribution in [0, 0.1) is 6.92 Å². The van der Waals surface area contributed by atoms with Gasteiger partial charge in [0.15, 0.2) is 0 Å². The topological polar surface area (TPSA) is 25.2 Å². The normalized spacial score (nSPS) is 12.5. The van der Waals surface area contributed by atoms with Gasteiger partial charge in [-0.2, -0.15) is 0 Å². The van der Waals surface area contributed by atoms with Gasteiger partial charge < -0.3 is 9.73 Å². The van der Waals surface area contributed by atoms with Gasteiger partial charge in [-0.25, -0.2) is 0 Å². The fraction of sp³-hybridized carbons (Fsp3) is 0.412. The first-order valence-electron chi connectivity index (χ1n) is 7.08. The van der Waals surface area contributed by atoms with Crippen LogP contribution in [-0.2, 0) is 6.42 Å². The molecule has 2 aromatic rings. The zero-order valence-corrected chi connectivity index (χ0v) is 11.9. The van der Waals surface area contributed by atoms with E-state index in [-0.39, 0.29) is 0 Å². The number of hydrogen-bond acceptors (Lipinski definition) is 2. The van der Waals surface area contributed by atoms with Crippen LogP contribution in [0.15, 0.2) is 47.3 Å². The van der Waals surface area contributed by atoms with Crippen molar-refractivity contribution in [1.82, 2.24) is 5.32 Å². The van der Waals surface area contributed by atoms with Crippen molar-refractivity contribution in [2.24, 2.45) is 0 Å². The molecule has 1 unspecified atom stereocenters. The van der Waals surface area contributed by atoms with Crippen LogP contribution in [0.2, 0.25) is 0 Å². The van der Waals surface area contributed by atoms with E-state index < -0.39 is 0 Å². The smallest absolute Gasteiger partial charge is 0.0934 e. The molecule has 2 nitrogen and oxygen atoms in total. The molecule has 0 bridgehead atoms. The van der Waals surface area contributed by atoms with Gasteiger partial charge in [-0.05, 0) is 43.5 Å². The molecular formula is C17H23NO. The van der Waals surface area contributed by atoms with Crippen molar-refractivity contribution < 1.29 is 4.42 Å². The van der Waals surface area contributed by atoms with Gasteiger partial charge in [0.1, 0.15) is 0 Å². The molecule has 0 saturated heterocycles. The van der Waals surface area contributed by atoms with Gasteiger partial charge >= 0.3 is 0 Å². The summed E-state index contributed by atoms with van der Waals surface area (Å²) in [6.07, 6.45) is 5.80. The number of hydrogen-bond donors (Lipinski definition) is 1. The lowest BCUT2D eigenvalue weighted by Gasteiger charge is -2.18. The quantitative estimate of drug-likeness (QED) is 0.761. The van der Waals surface area contributed by atoms with E-state index in [9.17, 15) is 0 Å². The highest BCUT2D eigenvalue weighted by molar-refractivity contribution is 5.27. The Morgan fingerprint density at radius 3 is 2.84 bits per heavy atom. The van der Waals surface area contributed by atoms with Crippen LogP contribution in [0.4, 0.5) is 0 Å². The third-order valence-corrected chi connectivity index (χ3v) is 3.39. The lowest BCUT2D eigenvalue weighted by atomic mass is 9.92. The van der Waals surface area contributed by atoms with Crippen LogP contribution in [0.25, 0.3) is 0 Å².